The summed E-state index contributed by atoms with van der Waals surface area (Å²) in [7, 11) is 0. The molecular weight excluding hydrogens is 302 g/mol. The van der Waals surface area contributed by atoms with Gasteiger partial charge < -0.3 is 0 Å². The van der Waals surface area contributed by atoms with E-state index in [1.807, 2.05) is 6.08 Å². The Labute approximate surface area is 146 Å². The van der Waals surface area contributed by atoms with Gasteiger partial charge in [-0.2, -0.15) is 0 Å². The van der Waals surface area contributed by atoms with E-state index in [1.54, 1.807) is 12.2 Å². The van der Waals surface area contributed by atoms with Gasteiger partial charge in [0.1, 0.15) is 5.83 Å². The van der Waals surface area contributed by atoms with Gasteiger partial charge in [0.15, 0.2) is 0 Å². The van der Waals surface area contributed by atoms with E-state index in [4.69, 9.17) is 0 Å². The highest BCUT2D eigenvalue weighted by atomic mass is 19.1. The van der Waals surface area contributed by atoms with Gasteiger partial charge in [0.05, 0.1) is 6.67 Å². The molecule has 0 amide bonds. The Kier molecular flexibility index (Phi) is 7.94. The number of hydrogen-bond donors (Lipinski definition) is 0. The lowest BCUT2D eigenvalue weighted by molar-refractivity contribution is 0.247. The lowest BCUT2D eigenvalue weighted by atomic mass is 9.77. The Morgan fingerprint density at radius 3 is 2.08 bits per heavy atom. The molecule has 0 radical (unpaired) electrons. The molecule has 0 atom stereocenters. The van der Waals surface area contributed by atoms with Crippen LogP contribution in [-0.2, 0) is 0 Å². The van der Waals surface area contributed by atoms with E-state index in [0.717, 1.165) is 37.7 Å². The summed E-state index contributed by atoms with van der Waals surface area (Å²) in [6.45, 7) is 7.38. The van der Waals surface area contributed by atoms with Crippen molar-refractivity contribution in [3.63, 3.8) is 0 Å². The molecule has 2 fully saturated rings. The molecule has 0 nitrogen and oxygen atoms in total. The van der Waals surface area contributed by atoms with Crippen LogP contribution in [0.5, 0.6) is 0 Å². The minimum absolute atomic E-state index is 0.0792. The van der Waals surface area contributed by atoms with Crippen LogP contribution >= 0.6 is 0 Å². The maximum absolute atomic E-state index is 14.8. The second-order valence-corrected chi connectivity index (χ2v) is 7.53. The van der Waals surface area contributed by atoms with Crippen molar-refractivity contribution < 1.29 is 8.78 Å². The Hall–Kier alpha value is -1.18. The first-order chi connectivity index (χ1) is 11.7. The molecule has 24 heavy (non-hydrogen) atoms. The van der Waals surface area contributed by atoms with E-state index >= 15 is 0 Å². The molecule has 0 aliphatic heterocycles. The van der Waals surface area contributed by atoms with Crippen molar-refractivity contribution in [3.05, 3.63) is 48.9 Å². The van der Waals surface area contributed by atoms with E-state index in [9.17, 15) is 8.78 Å². The molecule has 0 spiro atoms. The van der Waals surface area contributed by atoms with E-state index in [0.29, 0.717) is 11.8 Å². The van der Waals surface area contributed by atoms with E-state index in [-0.39, 0.29) is 24.3 Å². The molecule has 2 saturated carbocycles. The molecule has 0 saturated heterocycles. The highest BCUT2D eigenvalue weighted by Crippen LogP contribution is 2.38. The average molecular weight is 334 g/mol. The van der Waals surface area contributed by atoms with Gasteiger partial charge in [-0.15, -0.1) is 6.58 Å². The second kappa shape index (κ2) is 9.96. The molecule has 0 unspecified atom stereocenters. The summed E-state index contributed by atoms with van der Waals surface area (Å²) in [6, 6.07) is 0. The Morgan fingerprint density at radius 2 is 1.54 bits per heavy atom. The average Bonchev–Trinajstić information content (AvgIpc) is 2.64. The summed E-state index contributed by atoms with van der Waals surface area (Å²) in [5.41, 5.74) is 0.780. The van der Waals surface area contributed by atoms with Crippen LogP contribution in [0.2, 0.25) is 0 Å². The van der Waals surface area contributed by atoms with Crippen LogP contribution in [0.25, 0.3) is 0 Å². The maximum Gasteiger partial charge on any atom is 0.122 e. The molecule has 2 aliphatic carbocycles. The lowest BCUT2D eigenvalue weighted by Crippen LogP contribution is -2.18. The predicted octanol–water partition coefficient (Wildman–Crippen LogP) is 7.11. The second-order valence-electron chi connectivity index (χ2n) is 7.53. The van der Waals surface area contributed by atoms with Crippen LogP contribution in [0, 0.1) is 23.7 Å². The van der Waals surface area contributed by atoms with Crippen LogP contribution in [0.15, 0.2) is 48.9 Å². The molecule has 0 N–H and O–H groups in total. The first-order valence-corrected chi connectivity index (χ1v) is 9.55. The zero-order valence-corrected chi connectivity index (χ0v) is 14.9. The minimum atomic E-state index is -0.237. The Morgan fingerprint density at radius 1 is 0.917 bits per heavy atom. The summed E-state index contributed by atoms with van der Waals surface area (Å²) >= 11 is 0. The fraction of sp³-hybridized carbons (Fsp3) is 0.636. The molecule has 2 heteroatoms. The summed E-state index contributed by atoms with van der Waals surface area (Å²) in [4.78, 5) is 0. The number of halogens is 2. The molecule has 0 aromatic rings. The van der Waals surface area contributed by atoms with Crippen LogP contribution in [0.3, 0.4) is 0 Å². The molecule has 2 aliphatic rings. The van der Waals surface area contributed by atoms with E-state index < -0.39 is 0 Å². The van der Waals surface area contributed by atoms with Crippen molar-refractivity contribution in [2.75, 3.05) is 6.67 Å². The van der Waals surface area contributed by atoms with Gasteiger partial charge in [-0.3, -0.25) is 4.39 Å². The fourth-order valence-corrected chi connectivity index (χ4v) is 4.21. The third-order valence-electron chi connectivity index (χ3n) is 5.93. The molecule has 0 heterocycles. The Balaban J connectivity index is 1.91. The fourth-order valence-electron chi connectivity index (χ4n) is 4.21. The zero-order valence-electron chi connectivity index (χ0n) is 14.9. The largest absolute Gasteiger partial charge is 0.251 e. The van der Waals surface area contributed by atoms with Crippen LogP contribution in [0.4, 0.5) is 8.78 Å². The first kappa shape index (κ1) is 19.1. The van der Waals surface area contributed by atoms with Crippen molar-refractivity contribution in [3.8, 4) is 0 Å². The van der Waals surface area contributed by atoms with Crippen LogP contribution in [-0.4, -0.2) is 6.67 Å². The molecule has 0 aromatic carbocycles. The molecule has 2 rings (SSSR count). The van der Waals surface area contributed by atoms with Gasteiger partial charge in [0, 0.05) is 0 Å². The van der Waals surface area contributed by atoms with Gasteiger partial charge in [-0.05, 0) is 93.1 Å². The van der Waals surface area contributed by atoms with Crippen LogP contribution < -0.4 is 0 Å². The van der Waals surface area contributed by atoms with Crippen molar-refractivity contribution in [1.29, 1.82) is 0 Å². The predicted molar refractivity (Wildman–Crippen MR) is 99.2 cm³/mol. The molecule has 0 aromatic heterocycles. The molecule has 0 bridgehead atoms. The molecular formula is C22H32F2. The third kappa shape index (κ3) is 5.43. The lowest BCUT2D eigenvalue weighted by Gasteiger charge is -2.28. The normalized spacial score (nSPS) is 32.4. The number of alkyl halides is 1. The maximum atomic E-state index is 14.8. The number of hydrogen-bond acceptors (Lipinski definition) is 0. The van der Waals surface area contributed by atoms with Gasteiger partial charge in [0.25, 0.3) is 0 Å². The minimum Gasteiger partial charge on any atom is -0.251 e. The van der Waals surface area contributed by atoms with Crippen molar-refractivity contribution in [1.82, 2.24) is 0 Å². The summed E-state index contributed by atoms with van der Waals surface area (Å²) in [5.74, 6) is 1.57. The van der Waals surface area contributed by atoms with Gasteiger partial charge in [0.2, 0.25) is 0 Å². The van der Waals surface area contributed by atoms with Crippen molar-refractivity contribution in [2.45, 2.75) is 57.8 Å². The van der Waals surface area contributed by atoms with E-state index in [1.165, 1.54) is 25.7 Å². The highest BCUT2D eigenvalue weighted by molar-refractivity contribution is 5.31. The number of allylic oxidation sites excluding steroid dienone is 6. The topological polar surface area (TPSA) is 0 Å². The highest BCUT2D eigenvalue weighted by Gasteiger charge is 2.26. The quantitative estimate of drug-likeness (QED) is 0.344. The smallest absolute Gasteiger partial charge is 0.122 e. The van der Waals surface area contributed by atoms with E-state index in [2.05, 4.69) is 19.2 Å². The third-order valence-corrected chi connectivity index (χ3v) is 5.93. The van der Waals surface area contributed by atoms with Crippen LogP contribution in [0.1, 0.15) is 57.8 Å². The summed E-state index contributed by atoms with van der Waals surface area (Å²) in [6.07, 6.45) is 16.4. The van der Waals surface area contributed by atoms with Gasteiger partial charge >= 0.3 is 0 Å². The zero-order chi connectivity index (χ0) is 17.4. The monoisotopic (exact) mass is 334 g/mol. The first-order valence-electron chi connectivity index (χ1n) is 9.55. The van der Waals surface area contributed by atoms with Gasteiger partial charge in [-0.1, -0.05) is 24.8 Å². The Bertz CT molecular complexity index is 458. The molecule has 134 valence electrons. The summed E-state index contributed by atoms with van der Waals surface area (Å²) in [5, 5.41) is 0. The van der Waals surface area contributed by atoms with Crippen molar-refractivity contribution in [2.24, 2.45) is 23.7 Å². The SMILES string of the molecule is C=C/C=C(\C(F)=C/CC1CCC(C=C)CC1)C1CCC(CF)CC1. The van der Waals surface area contributed by atoms with Gasteiger partial charge in [-0.25, -0.2) is 4.39 Å². The summed E-state index contributed by atoms with van der Waals surface area (Å²) < 4.78 is 27.5. The number of rotatable bonds is 7. The standard InChI is InChI=1S/C22H32F2/c1-3-5-21(20-13-10-19(16-23)11-14-20)22(24)15-12-18-8-6-17(4-2)7-9-18/h3-5,15,17-20H,1-2,6-14,16H2/b21-5-,22-15+. The van der Waals surface area contributed by atoms with Crippen molar-refractivity contribution >= 4 is 0 Å².